The van der Waals surface area contributed by atoms with Crippen LogP contribution in [0.4, 0.5) is 0 Å². The third kappa shape index (κ3) is 3.34. The molecule has 0 bridgehead atoms. The predicted molar refractivity (Wildman–Crippen MR) is 168 cm³/mol. The minimum absolute atomic E-state index is 0.655. The second kappa shape index (κ2) is 8.95. The number of para-hydroxylation sites is 1. The molecular formula is C37H21NOS. The average Bonchev–Trinajstić information content (AvgIpc) is 3.59. The van der Waals surface area contributed by atoms with Crippen LogP contribution in [-0.4, -0.2) is 0 Å². The van der Waals surface area contributed by atoms with Crippen molar-refractivity contribution in [1.82, 2.24) is 0 Å². The molecule has 0 atom stereocenters. The summed E-state index contributed by atoms with van der Waals surface area (Å²) in [6, 6.07) is 46.5. The minimum atomic E-state index is 0.655. The van der Waals surface area contributed by atoms with Crippen LogP contribution in [0.15, 0.2) is 132 Å². The van der Waals surface area contributed by atoms with Crippen LogP contribution in [-0.2, 0) is 0 Å². The molecule has 186 valence electrons. The monoisotopic (exact) mass is 527 g/mol. The minimum Gasteiger partial charge on any atom is -0.456 e. The fraction of sp³-hybridized carbons (Fsp3) is 0. The van der Waals surface area contributed by atoms with Crippen molar-refractivity contribution >= 4 is 53.4 Å². The molecule has 0 spiro atoms. The molecule has 8 rings (SSSR count). The van der Waals surface area contributed by atoms with Crippen molar-refractivity contribution in [2.24, 2.45) is 0 Å². The lowest BCUT2D eigenvalue weighted by atomic mass is 9.84. The number of hydrogen-bond acceptors (Lipinski definition) is 3. The maximum Gasteiger partial charge on any atom is 0.136 e. The van der Waals surface area contributed by atoms with Crippen molar-refractivity contribution < 1.29 is 4.42 Å². The second-order valence-electron chi connectivity index (χ2n) is 9.94. The zero-order valence-electron chi connectivity index (χ0n) is 21.4. The van der Waals surface area contributed by atoms with E-state index in [1.54, 1.807) is 0 Å². The van der Waals surface area contributed by atoms with Gasteiger partial charge in [0.1, 0.15) is 11.2 Å². The molecule has 2 nitrogen and oxygen atoms in total. The second-order valence-corrected chi connectivity index (χ2v) is 11.0. The number of nitriles is 1. The highest BCUT2D eigenvalue weighted by atomic mass is 32.1. The molecule has 0 unspecified atom stereocenters. The van der Waals surface area contributed by atoms with E-state index in [1.807, 2.05) is 47.7 Å². The van der Waals surface area contributed by atoms with E-state index in [2.05, 4.69) is 97.1 Å². The number of benzene rings is 6. The third-order valence-corrected chi connectivity index (χ3v) is 8.90. The van der Waals surface area contributed by atoms with Crippen molar-refractivity contribution in [1.29, 1.82) is 5.26 Å². The van der Waals surface area contributed by atoms with Crippen molar-refractivity contribution in [3.05, 3.63) is 133 Å². The number of fused-ring (bicyclic) bond motifs is 6. The van der Waals surface area contributed by atoms with Crippen LogP contribution in [0.2, 0.25) is 0 Å². The summed E-state index contributed by atoms with van der Waals surface area (Å²) >= 11 is 1.82. The van der Waals surface area contributed by atoms with Crippen LogP contribution in [0.5, 0.6) is 0 Å². The summed E-state index contributed by atoms with van der Waals surface area (Å²) in [6.45, 7) is 0. The first-order chi connectivity index (χ1) is 19.8. The van der Waals surface area contributed by atoms with Gasteiger partial charge in [-0.05, 0) is 58.1 Å². The van der Waals surface area contributed by atoms with E-state index in [4.69, 9.17) is 4.42 Å². The fourth-order valence-corrected chi connectivity index (χ4v) is 7.22. The van der Waals surface area contributed by atoms with Gasteiger partial charge in [-0.25, -0.2) is 0 Å². The molecule has 0 saturated carbocycles. The molecule has 0 saturated heterocycles. The number of rotatable bonds is 3. The van der Waals surface area contributed by atoms with Gasteiger partial charge in [0.2, 0.25) is 0 Å². The topological polar surface area (TPSA) is 36.9 Å². The summed E-state index contributed by atoms with van der Waals surface area (Å²) in [5.74, 6) is 0. The molecular weight excluding hydrogens is 506 g/mol. The summed E-state index contributed by atoms with van der Waals surface area (Å²) in [7, 11) is 0. The number of hydrogen-bond donors (Lipinski definition) is 0. The van der Waals surface area contributed by atoms with E-state index in [0.29, 0.717) is 5.56 Å². The third-order valence-electron chi connectivity index (χ3n) is 7.77. The van der Waals surface area contributed by atoms with Crippen LogP contribution < -0.4 is 0 Å². The zero-order chi connectivity index (χ0) is 26.6. The first-order valence-corrected chi connectivity index (χ1v) is 14.1. The van der Waals surface area contributed by atoms with Gasteiger partial charge < -0.3 is 4.42 Å². The lowest BCUT2D eigenvalue weighted by Gasteiger charge is -2.18. The van der Waals surface area contributed by atoms with Crippen molar-refractivity contribution in [3.63, 3.8) is 0 Å². The maximum atomic E-state index is 10.2. The summed E-state index contributed by atoms with van der Waals surface area (Å²) in [6.07, 6.45) is 0. The Labute approximate surface area is 235 Å². The Kier molecular flexibility index (Phi) is 5.10. The number of thiophene rings is 1. The summed E-state index contributed by atoms with van der Waals surface area (Å²) in [5, 5.41) is 14.9. The van der Waals surface area contributed by atoms with Gasteiger partial charge in [0.25, 0.3) is 0 Å². The van der Waals surface area contributed by atoms with Crippen LogP contribution >= 0.6 is 11.3 Å². The van der Waals surface area contributed by atoms with Crippen molar-refractivity contribution in [2.45, 2.75) is 0 Å². The van der Waals surface area contributed by atoms with E-state index in [9.17, 15) is 5.26 Å². The van der Waals surface area contributed by atoms with Gasteiger partial charge in [-0.2, -0.15) is 5.26 Å². The molecule has 6 aromatic carbocycles. The van der Waals surface area contributed by atoms with Gasteiger partial charge in [0.05, 0.1) is 11.6 Å². The molecule has 3 heteroatoms. The largest absolute Gasteiger partial charge is 0.456 e. The van der Waals surface area contributed by atoms with Crippen LogP contribution in [0.1, 0.15) is 5.56 Å². The van der Waals surface area contributed by atoms with Gasteiger partial charge in [-0.15, -0.1) is 11.3 Å². The smallest absolute Gasteiger partial charge is 0.136 e. The van der Waals surface area contributed by atoms with Crippen molar-refractivity contribution in [3.8, 4) is 39.4 Å². The van der Waals surface area contributed by atoms with Gasteiger partial charge >= 0.3 is 0 Å². The van der Waals surface area contributed by atoms with E-state index < -0.39 is 0 Å². The van der Waals surface area contributed by atoms with E-state index in [0.717, 1.165) is 49.8 Å². The standard InChI is InChI=1S/C37H21NOS/c38-22-23-10-1-2-11-24(23)35-25(27-16-8-19-32-36(27)29-12-3-5-18-31(29)39-32)14-7-15-26(35)28-17-9-21-34-37(28)30-13-4-6-20-33(30)40-34/h1-21H. The highest BCUT2D eigenvalue weighted by Gasteiger charge is 2.21. The van der Waals surface area contributed by atoms with Crippen molar-refractivity contribution in [2.75, 3.05) is 0 Å². The summed E-state index contributed by atoms with van der Waals surface area (Å²) in [5.41, 5.74) is 8.82. The van der Waals surface area contributed by atoms with E-state index in [1.165, 1.54) is 25.7 Å². The highest BCUT2D eigenvalue weighted by Crippen LogP contribution is 2.48. The molecule has 0 radical (unpaired) electrons. The van der Waals surface area contributed by atoms with Gasteiger partial charge in [-0.1, -0.05) is 97.1 Å². The molecule has 0 aliphatic carbocycles. The Balaban J connectivity index is 1.54. The molecule has 0 aliphatic heterocycles. The average molecular weight is 528 g/mol. The Morgan fingerprint density at radius 2 is 1.05 bits per heavy atom. The zero-order valence-corrected chi connectivity index (χ0v) is 22.2. The fourth-order valence-electron chi connectivity index (χ4n) is 6.09. The van der Waals surface area contributed by atoms with E-state index >= 15 is 0 Å². The molecule has 8 aromatic rings. The summed E-state index contributed by atoms with van der Waals surface area (Å²) in [4.78, 5) is 0. The SMILES string of the molecule is N#Cc1ccccc1-c1c(-c2cccc3oc4ccccc4c23)cccc1-c1cccc2sc3ccccc3c12. The lowest BCUT2D eigenvalue weighted by Crippen LogP contribution is -1.94. The molecule has 0 N–H and O–H groups in total. The van der Waals surface area contributed by atoms with Gasteiger partial charge in [-0.3, -0.25) is 0 Å². The Hall–Kier alpha value is -5.17. The lowest BCUT2D eigenvalue weighted by molar-refractivity contribution is 0.669. The first-order valence-electron chi connectivity index (χ1n) is 13.3. The van der Waals surface area contributed by atoms with E-state index in [-0.39, 0.29) is 0 Å². The van der Waals surface area contributed by atoms with Crippen LogP contribution in [0.3, 0.4) is 0 Å². The molecule has 40 heavy (non-hydrogen) atoms. The number of furan rings is 1. The Morgan fingerprint density at radius 1 is 0.475 bits per heavy atom. The molecule has 2 heterocycles. The predicted octanol–water partition coefficient (Wildman–Crippen LogP) is 10.8. The van der Waals surface area contributed by atoms with Gasteiger partial charge in [0, 0.05) is 36.5 Å². The van der Waals surface area contributed by atoms with Crippen LogP contribution in [0, 0.1) is 11.3 Å². The van der Waals surface area contributed by atoms with Gasteiger partial charge in [0.15, 0.2) is 0 Å². The first kappa shape index (κ1) is 22.8. The normalized spacial score (nSPS) is 11.5. The Morgan fingerprint density at radius 3 is 1.90 bits per heavy atom. The van der Waals surface area contributed by atoms with Crippen LogP contribution in [0.25, 0.3) is 75.5 Å². The molecule has 0 aliphatic rings. The molecule has 2 aromatic heterocycles. The Bertz CT molecular complexity index is 2160. The highest BCUT2D eigenvalue weighted by molar-refractivity contribution is 7.25. The number of nitrogens with zero attached hydrogens (tertiary/aromatic N) is 1. The maximum absolute atomic E-state index is 10.2. The summed E-state index contributed by atoms with van der Waals surface area (Å²) < 4.78 is 8.79. The molecule has 0 amide bonds. The molecule has 0 fully saturated rings. The quantitative estimate of drug-likeness (QED) is 0.229.